The summed E-state index contributed by atoms with van der Waals surface area (Å²) in [6, 6.07) is 13.5. The molecule has 6 rings (SSSR count). The largest absolute Gasteiger partial charge is 0.462 e. The van der Waals surface area contributed by atoms with Crippen LogP contribution in [0.15, 0.2) is 55.8 Å². The maximum atomic E-state index is 15.0. The first-order valence-corrected chi connectivity index (χ1v) is 11.0. The van der Waals surface area contributed by atoms with Crippen molar-refractivity contribution in [1.29, 1.82) is 0 Å². The zero-order valence-electron chi connectivity index (χ0n) is 14.8. The minimum absolute atomic E-state index is 0.124. The van der Waals surface area contributed by atoms with E-state index < -0.39 is 6.23 Å². The van der Waals surface area contributed by atoms with Crippen molar-refractivity contribution in [1.82, 2.24) is 0 Å². The fourth-order valence-corrected chi connectivity index (χ4v) is 5.23. The average molecular weight is 505 g/mol. The zero-order chi connectivity index (χ0) is 19.0. The molecule has 0 amide bonds. The number of hydrogen-bond donors (Lipinski definition) is 0. The fourth-order valence-electron chi connectivity index (χ4n) is 4.42. The number of fused-ring (bicyclic) bond motifs is 5. The lowest BCUT2D eigenvalue weighted by Crippen LogP contribution is -2.38. The number of rotatable bonds is 2. The number of hydrogen-bond acceptors (Lipinski definition) is 3. The van der Waals surface area contributed by atoms with Gasteiger partial charge in [0.2, 0.25) is 6.23 Å². The maximum Gasteiger partial charge on any atom is 0.231 e. The molecule has 3 heterocycles. The van der Waals surface area contributed by atoms with Gasteiger partial charge in [-0.15, -0.1) is 0 Å². The van der Waals surface area contributed by atoms with Gasteiger partial charge in [-0.1, -0.05) is 31.9 Å². The zero-order valence-corrected chi connectivity index (χ0v) is 18.0. The topological polar surface area (TPSA) is 25.6 Å². The molecule has 142 valence electrons. The fraction of sp³-hybridized carbons (Fsp3) is 0.273. The molecule has 1 aliphatic carbocycles. The van der Waals surface area contributed by atoms with E-state index in [2.05, 4.69) is 55.0 Å². The number of furan rings is 1. The Labute approximate surface area is 178 Å². The van der Waals surface area contributed by atoms with Gasteiger partial charge >= 0.3 is 0 Å². The lowest BCUT2D eigenvalue weighted by atomic mass is 9.99. The van der Waals surface area contributed by atoms with Crippen LogP contribution >= 0.6 is 31.9 Å². The van der Waals surface area contributed by atoms with E-state index in [-0.39, 0.29) is 11.9 Å². The molecule has 0 spiro atoms. The van der Waals surface area contributed by atoms with E-state index in [0.717, 1.165) is 28.1 Å². The first kappa shape index (κ1) is 17.1. The maximum absolute atomic E-state index is 15.0. The number of halogens is 3. The molecule has 3 aliphatic rings. The standard InChI is InChI=1S/C22H16Br2FNO2/c23-13-3-4-16-12(7-13)8-17-21-15(25)9-14(24)10-20(21)28-22(26(16)17)19-6-5-18(27-19)11-1-2-11/h3-7,9-11,17,22H,1-2,8H2. The molecular formula is C22H16Br2FNO2. The molecule has 1 saturated carbocycles. The van der Waals surface area contributed by atoms with E-state index in [1.165, 1.54) is 24.5 Å². The minimum atomic E-state index is -0.416. The molecule has 2 aliphatic heterocycles. The van der Waals surface area contributed by atoms with Crippen LogP contribution in [0.5, 0.6) is 5.75 Å². The summed E-state index contributed by atoms with van der Waals surface area (Å²) in [6.07, 6.45) is 2.68. The van der Waals surface area contributed by atoms with Crippen LogP contribution in [0.25, 0.3) is 0 Å². The Hall–Kier alpha value is -1.79. The van der Waals surface area contributed by atoms with Crippen LogP contribution in [0.4, 0.5) is 10.1 Å². The Morgan fingerprint density at radius 3 is 2.61 bits per heavy atom. The van der Waals surface area contributed by atoms with Gasteiger partial charge in [0.05, 0.1) is 11.6 Å². The lowest BCUT2D eigenvalue weighted by Gasteiger charge is -2.40. The van der Waals surface area contributed by atoms with Crippen molar-refractivity contribution >= 4 is 37.5 Å². The summed E-state index contributed by atoms with van der Waals surface area (Å²) in [4.78, 5) is 2.16. The van der Waals surface area contributed by atoms with E-state index >= 15 is 0 Å². The van der Waals surface area contributed by atoms with Crippen molar-refractivity contribution in [2.24, 2.45) is 0 Å². The Kier molecular flexibility index (Phi) is 3.73. The van der Waals surface area contributed by atoms with Gasteiger partial charge < -0.3 is 14.1 Å². The molecular weight excluding hydrogens is 489 g/mol. The van der Waals surface area contributed by atoms with Crippen molar-refractivity contribution in [3.63, 3.8) is 0 Å². The molecule has 2 atom stereocenters. The number of nitrogens with zero attached hydrogens (tertiary/aromatic N) is 1. The van der Waals surface area contributed by atoms with Gasteiger partial charge in [0.15, 0.2) is 5.76 Å². The smallest absolute Gasteiger partial charge is 0.231 e. The molecule has 0 radical (unpaired) electrons. The van der Waals surface area contributed by atoms with Gasteiger partial charge in [-0.25, -0.2) is 4.39 Å². The molecule has 1 aromatic heterocycles. The summed E-state index contributed by atoms with van der Waals surface area (Å²) in [5, 5.41) is 0. The summed E-state index contributed by atoms with van der Waals surface area (Å²) in [7, 11) is 0. The molecule has 28 heavy (non-hydrogen) atoms. The van der Waals surface area contributed by atoms with Gasteiger partial charge in [0, 0.05) is 20.6 Å². The first-order chi connectivity index (χ1) is 13.6. The monoisotopic (exact) mass is 503 g/mol. The van der Waals surface area contributed by atoms with Gasteiger partial charge in [-0.05, 0) is 67.3 Å². The van der Waals surface area contributed by atoms with Crippen LogP contribution in [0, 0.1) is 5.82 Å². The van der Waals surface area contributed by atoms with E-state index in [9.17, 15) is 4.39 Å². The van der Waals surface area contributed by atoms with Crippen LogP contribution in [0.3, 0.4) is 0 Å². The van der Waals surface area contributed by atoms with Gasteiger partial charge in [-0.3, -0.25) is 0 Å². The molecule has 3 nitrogen and oxygen atoms in total. The van der Waals surface area contributed by atoms with E-state index in [4.69, 9.17) is 9.15 Å². The first-order valence-electron chi connectivity index (χ1n) is 9.40. The SMILES string of the molecule is Fc1cc(Br)cc2c1C1Cc3cc(Br)ccc3N1C(c1ccc(C3CC3)o1)O2. The van der Waals surface area contributed by atoms with Crippen molar-refractivity contribution in [2.45, 2.75) is 37.5 Å². The number of anilines is 1. The van der Waals surface area contributed by atoms with Crippen LogP contribution in [-0.2, 0) is 6.42 Å². The van der Waals surface area contributed by atoms with Crippen LogP contribution < -0.4 is 9.64 Å². The van der Waals surface area contributed by atoms with Crippen molar-refractivity contribution < 1.29 is 13.5 Å². The van der Waals surface area contributed by atoms with Gasteiger partial charge in [0.25, 0.3) is 0 Å². The quantitative estimate of drug-likeness (QED) is 0.375. The second-order valence-corrected chi connectivity index (χ2v) is 9.52. The van der Waals surface area contributed by atoms with Crippen molar-refractivity contribution in [3.05, 3.63) is 79.9 Å². The summed E-state index contributed by atoms with van der Waals surface area (Å²) in [5.41, 5.74) is 2.86. The summed E-state index contributed by atoms with van der Waals surface area (Å²) in [6.45, 7) is 0. The lowest BCUT2D eigenvalue weighted by molar-refractivity contribution is 0.138. The molecule has 2 aromatic carbocycles. The third kappa shape index (κ3) is 2.57. The average Bonchev–Trinajstić information content (AvgIpc) is 3.26. The highest BCUT2D eigenvalue weighted by molar-refractivity contribution is 9.10. The molecule has 3 aromatic rings. The Balaban J connectivity index is 1.52. The summed E-state index contributed by atoms with van der Waals surface area (Å²) >= 11 is 6.95. The van der Waals surface area contributed by atoms with Crippen LogP contribution in [0.1, 0.15) is 53.7 Å². The number of ether oxygens (including phenoxy) is 1. The normalized spacial score (nSPS) is 22.5. The van der Waals surface area contributed by atoms with Gasteiger partial charge in [0.1, 0.15) is 17.3 Å². The third-order valence-electron chi connectivity index (χ3n) is 5.82. The molecule has 6 heteroatoms. The van der Waals surface area contributed by atoms with E-state index in [1.54, 1.807) is 0 Å². The van der Waals surface area contributed by atoms with Crippen molar-refractivity contribution in [3.8, 4) is 5.75 Å². The van der Waals surface area contributed by atoms with E-state index in [0.29, 0.717) is 21.7 Å². The predicted octanol–water partition coefficient (Wildman–Crippen LogP) is 7.02. The van der Waals surface area contributed by atoms with Crippen LogP contribution in [0.2, 0.25) is 0 Å². The predicted molar refractivity (Wildman–Crippen MR) is 111 cm³/mol. The molecule has 2 unspecified atom stereocenters. The Morgan fingerprint density at radius 1 is 0.964 bits per heavy atom. The second kappa shape index (κ2) is 6.10. The highest BCUT2D eigenvalue weighted by atomic mass is 79.9. The second-order valence-electron chi connectivity index (χ2n) is 7.68. The van der Waals surface area contributed by atoms with Gasteiger partial charge in [-0.2, -0.15) is 0 Å². The molecule has 0 bridgehead atoms. The van der Waals surface area contributed by atoms with E-state index in [1.807, 2.05) is 18.2 Å². The molecule has 1 fully saturated rings. The summed E-state index contributed by atoms with van der Waals surface area (Å²) < 4.78 is 29.2. The Morgan fingerprint density at radius 2 is 1.79 bits per heavy atom. The molecule has 0 saturated heterocycles. The molecule has 0 N–H and O–H groups in total. The number of benzene rings is 2. The third-order valence-corrected chi connectivity index (χ3v) is 6.77. The highest BCUT2D eigenvalue weighted by Gasteiger charge is 2.45. The highest BCUT2D eigenvalue weighted by Crippen LogP contribution is 2.53. The summed E-state index contributed by atoms with van der Waals surface area (Å²) in [5.74, 6) is 2.66. The Bertz CT molecular complexity index is 1110. The van der Waals surface area contributed by atoms with Crippen molar-refractivity contribution in [2.75, 3.05) is 4.90 Å². The van der Waals surface area contributed by atoms with Crippen LogP contribution in [-0.4, -0.2) is 0 Å². The minimum Gasteiger partial charge on any atom is -0.462 e.